The average Bonchev–Trinajstić information content (AvgIpc) is 2.76. The van der Waals surface area contributed by atoms with Crippen LogP contribution < -0.4 is 10.0 Å². The van der Waals surface area contributed by atoms with Crippen molar-refractivity contribution in [1.82, 2.24) is 20.2 Å². The fraction of sp³-hybridized carbons (Fsp3) is 0.750. The van der Waals surface area contributed by atoms with E-state index in [2.05, 4.69) is 27.2 Å². The molecule has 0 bridgehead atoms. The van der Waals surface area contributed by atoms with Gasteiger partial charge < -0.3 is 5.32 Å². The molecule has 1 heterocycles. The summed E-state index contributed by atoms with van der Waals surface area (Å²) in [7, 11) is -3.15. The molecule has 0 aliphatic carbocycles. The molecule has 6 nitrogen and oxygen atoms in total. The Bertz CT molecular complexity index is 456. The number of hydrogen-bond acceptors (Lipinski definition) is 4. The average molecular weight is 288 g/mol. The molecular weight excluding hydrogens is 264 g/mol. The summed E-state index contributed by atoms with van der Waals surface area (Å²) in [6.07, 6.45) is 4.41. The second-order valence-electron chi connectivity index (χ2n) is 4.59. The van der Waals surface area contributed by atoms with E-state index in [0.717, 1.165) is 37.1 Å². The SMILES string of the molecule is CCCNCCS(=O)(=O)NCCCc1cn[nH]c1C. The molecule has 0 aliphatic rings. The molecule has 110 valence electrons. The van der Waals surface area contributed by atoms with Crippen LogP contribution in [0.5, 0.6) is 0 Å². The zero-order chi connectivity index (χ0) is 14.1. The molecule has 0 saturated carbocycles. The van der Waals surface area contributed by atoms with Gasteiger partial charge in [-0.2, -0.15) is 5.10 Å². The van der Waals surface area contributed by atoms with Gasteiger partial charge in [0.25, 0.3) is 0 Å². The van der Waals surface area contributed by atoms with Gasteiger partial charge >= 0.3 is 0 Å². The molecule has 0 fully saturated rings. The van der Waals surface area contributed by atoms with E-state index in [0.29, 0.717) is 13.1 Å². The third kappa shape index (κ3) is 6.70. The molecule has 0 unspecified atom stereocenters. The van der Waals surface area contributed by atoms with Crippen molar-refractivity contribution in [2.75, 3.05) is 25.4 Å². The van der Waals surface area contributed by atoms with Gasteiger partial charge in [-0.15, -0.1) is 0 Å². The monoisotopic (exact) mass is 288 g/mol. The van der Waals surface area contributed by atoms with E-state index < -0.39 is 10.0 Å². The van der Waals surface area contributed by atoms with Crippen LogP contribution in [0.3, 0.4) is 0 Å². The quantitative estimate of drug-likeness (QED) is 0.549. The summed E-state index contributed by atoms with van der Waals surface area (Å²) in [6.45, 7) is 5.85. The highest BCUT2D eigenvalue weighted by molar-refractivity contribution is 7.89. The minimum atomic E-state index is -3.15. The molecule has 0 aromatic carbocycles. The van der Waals surface area contributed by atoms with Gasteiger partial charge in [-0.1, -0.05) is 6.92 Å². The molecule has 1 aromatic heterocycles. The van der Waals surface area contributed by atoms with E-state index in [1.54, 1.807) is 6.20 Å². The number of aryl methyl sites for hydroxylation is 2. The zero-order valence-corrected chi connectivity index (χ0v) is 12.5. The van der Waals surface area contributed by atoms with Crippen molar-refractivity contribution < 1.29 is 8.42 Å². The summed E-state index contributed by atoms with van der Waals surface area (Å²) in [5.41, 5.74) is 2.19. The van der Waals surface area contributed by atoms with Crippen molar-refractivity contribution in [3.05, 3.63) is 17.5 Å². The van der Waals surface area contributed by atoms with E-state index in [9.17, 15) is 8.42 Å². The van der Waals surface area contributed by atoms with E-state index >= 15 is 0 Å². The van der Waals surface area contributed by atoms with E-state index in [1.165, 1.54) is 0 Å². The molecule has 0 aliphatic heterocycles. The van der Waals surface area contributed by atoms with Crippen LogP contribution in [0, 0.1) is 6.92 Å². The van der Waals surface area contributed by atoms with Crippen LogP contribution in [-0.4, -0.2) is 44.0 Å². The topological polar surface area (TPSA) is 86.9 Å². The summed E-state index contributed by atoms with van der Waals surface area (Å²) in [4.78, 5) is 0. The van der Waals surface area contributed by atoms with Gasteiger partial charge in [0.15, 0.2) is 0 Å². The maximum absolute atomic E-state index is 11.7. The number of nitrogens with zero attached hydrogens (tertiary/aromatic N) is 1. The number of aromatic nitrogens is 2. The minimum absolute atomic E-state index is 0.137. The standard InChI is InChI=1S/C12H24N4O2S/c1-3-6-13-8-9-19(17,18)15-7-4-5-12-10-14-16-11(12)2/h10,13,15H,3-9H2,1-2H3,(H,14,16). The Labute approximate surface area is 115 Å². The second kappa shape index (κ2) is 8.29. The summed E-state index contributed by atoms with van der Waals surface area (Å²) in [6, 6.07) is 0. The van der Waals surface area contributed by atoms with Gasteiger partial charge in [0, 0.05) is 18.8 Å². The maximum Gasteiger partial charge on any atom is 0.212 e. The van der Waals surface area contributed by atoms with Gasteiger partial charge in [0.1, 0.15) is 0 Å². The summed E-state index contributed by atoms with van der Waals surface area (Å²) < 4.78 is 25.9. The smallest absolute Gasteiger partial charge is 0.212 e. The van der Waals surface area contributed by atoms with E-state index in [1.807, 2.05) is 6.92 Å². The molecule has 0 amide bonds. The predicted octanol–water partition coefficient (Wildman–Crippen LogP) is 0.570. The Morgan fingerprint density at radius 3 is 2.74 bits per heavy atom. The van der Waals surface area contributed by atoms with Gasteiger partial charge in [0.05, 0.1) is 11.9 Å². The molecule has 1 aromatic rings. The number of hydrogen-bond donors (Lipinski definition) is 3. The third-order valence-electron chi connectivity index (χ3n) is 2.85. The summed E-state index contributed by atoms with van der Waals surface area (Å²) in [5.74, 6) is 0.137. The molecule has 0 atom stereocenters. The molecule has 19 heavy (non-hydrogen) atoms. The fourth-order valence-electron chi connectivity index (χ4n) is 1.71. The van der Waals surface area contributed by atoms with Crippen LogP contribution in [-0.2, 0) is 16.4 Å². The highest BCUT2D eigenvalue weighted by Crippen LogP contribution is 2.05. The van der Waals surface area contributed by atoms with E-state index in [-0.39, 0.29) is 5.75 Å². The third-order valence-corrected chi connectivity index (χ3v) is 4.24. The molecule has 7 heteroatoms. The molecule has 0 saturated heterocycles. The molecule has 3 N–H and O–H groups in total. The van der Waals surface area contributed by atoms with Gasteiger partial charge in [-0.3, -0.25) is 5.10 Å². The Hall–Kier alpha value is -0.920. The number of nitrogens with one attached hydrogen (secondary N) is 3. The Morgan fingerprint density at radius 1 is 1.32 bits per heavy atom. The number of rotatable bonds is 10. The molecular formula is C12H24N4O2S. The largest absolute Gasteiger partial charge is 0.316 e. The van der Waals surface area contributed by atoms with Crippen LogP contribution in [0.15, 0.2) is 6.20 Å². The maximum atomic E-state index is 11.7. The Morgan fingerprint density at radius 2 is 2.11 bits per heavy atom. The normalized spacial score (nSPS) is 11.9. The van der Waals surface area contributed by atoms with Crippen molar-refractivity contribution >= 4 is 10.0 Å². The zero-order valence-electron chi connectivity index (χ0n) is 11.7. The predicted molar refractivity (Wildman–Crippen MR) is 76.6 cm³/mol. The highest BCUT2D eigenvalue weighted by Gasteiger charge is 2.08. The lowest BCUT2D eigenvalue weighted by Crippen LogP contribution is -2.32. The molecule has 1 rings (SSSR count). The second-order valence-corrected chi connectivity index (χ2v) is 6.51. The highest BCUT2D eigenvalue weighted by atomic mass is 32.2. The first-order chi connectivity index (χ1) is 9.05. The van der Waals surface area contributed by atoms with Gasteiger partial charge in [-0.05, 0) is 38.3 Å². The van der Waals surface area contributed by atoms with Crippen molar-refractivity contribution in [2.45, 2.75) is 33.1 Å². The lowest BCUT2D eigenvalue weighted by Gasteiger charge is -2.07. The lowest BCUT2D eigenvalue weighted by molar-refractivity contribution is 0.574. The lowest BCUT2D eigenvalue weighted by atomic mass is 10.1. The van der Waals surface area contributed by atoms with E-state index in [4.69, 9.17) is 0 Å². The van der Waals surface area contributed by atoms with Crippen LogP contribution in [0.25, 0.3) is 0 Å². The first-order valence-electron chi connectivity index (χ1n) is 6.72. The Kier molecular flexibility index (Phi) is 7.04. The first-order valence-corrected chi connectivity index (χ1v) is 8.37. The molecule has 0 spiro atoms. The van der Waals surface area contributed by atoms with Crippen molar-refractivity contribution in [1.29, 1.82) is 0 Å². The number of sulfonamides is 1. The Balaban J connectivity index is 2.15. The minimum Gasteiger partial charge on any atom is -0.316 e. The number of H-pyrrole nitrogens is 1. The van der Waals surface area contributed by atoms with Gasteiger partial charge in [0.2, 0.25) is 10.0 Å². The van der Waals surface area contributed by atoms with Crippen molar-refractivity contribution in [3.63, 3.8) is 0 Å². The van der Waals surface area contributed by atoms with Crippen molar-refractivity contribution in [3.8, 4) is 0 Å². The summed E-state index contributed by atoms with van der Waals surface area (Å²) in [5, 5.41) is 9.88. The van der Waals surface area contributed by atoms with Crippen molar-refractivity contribution in [2.24, 2.45) is 0 Å². The summed E-state index contributed by atoms with van der Waals surface area (Å²) >= 11 is 0. The van der Waals surface area contributed by atoms with Crippen LogP contribution in [0.4, 0.5) is 0 Å². The van der Waals surface area contributed by atoms with Crippen LogP contribution in [0.2, 0.25) is 0 Å². The van der Waals surface area contributed by atoms with Gasteiger partial charge in [-0.25, -0.2) is 13.1 Å². The fourth-order valence-corrected chi connectivity index (χ4v) is 2.73. The number of aromatic amines is 1. The van der Waals surface area contributed by atoms with Crippen LogP contribution in [0.1, 0.15) is 31.0 Å². The van der Waals surface area contributed by atoms with Crippen LogP contribution >= 0.6 is 0 Å². The molecule has 0 radical (unpaired) electrons. The first kappa shape index (κ1) is 16.1.